The van der Waals surface area contributed by atoms with Crippen molar-refractivity contribution in [1.29, 1.82) is 0 Å². The summed E-state index contributed by atoms with van der Waals surface area (Å²) in [7, 11) is 2.18. The summed E-state index contributed by atoms with van der Waals surface area (Å²) in [5.41, 5.74) is 16.9. The molecule has 0 unspecified atom stereocenters. The molecule has 2 aliphatic heterocycles. The number of aliphatic imine (C=N–C) groups is 2. The van der Waals surface area contributed by atoms with Gasteiger partial charge in [0.2, 0.25) is 0 Å². The number of dihydropyridines is 1. The number of hydrogen-bond donors (Lipinski definition) is 0. The van der Waals surface area contributed by atoms with E-state index < -0.39 is 0 Å². The van der Waals surface area contributed by atoms with E-state index >= 15 is 0 Å². The molecule has 0 amide bonds. The maximum absolute atomic E-state index is 5.12. The maximum atomic E-state index is 5.12. The van der Waals surface area contributed by atoms with Gasteiger partial charge in [-0.25, -0.2) is 4.98 Å². The van der Waals surface area contributed by atoms with E-state index in [1.807, 2.05) is 18.6 Å². The Morgan fingerprint density at radius 3 is 1.95 bits per heavy atom. The predicted molar refractivity (Wildman–Crippen MR) is 241 cm³/mol. The molecule has 5 nitrogen and oxygen atoms in total. The molecule has 6 aromatic carbocycles. The second-order valence-electron chi connectivity index (χ2n) is 14.8. The zero-order valence-electron chi connectivity index (χ0n) is 31.9. The summed E-state index contributed by atoms with van der Waals surface area (Å²) in [6.07, 6.45) is 10.9. The van der Waals surface area contributed by atoms with Gasteiger partial charge in [-0.2, -0.15) is 0 Å². The molecule has 10 rings (SSSR count). The van der Waals surface area contributed by atoms with Crippen LogP contribution in [0.3, 0.4) is 0 Å². The number of aromatic nitrogens is 2. The van der Waals surface area contributed by atoms with Crippen LogP contribution in [-0.4, -0.2) is 35.6 Å². The van der Waals surface area contributed by atoms with Crippen molar-refractivity contribution in [3.63, 3.8) is 0 Å². The highest BCUT2D eigenvalue weighted by atomic mass is 15.1. The molecule has 0 fully saturated rings. The van der Waals surface area contributed by atoms with Crippen LogP contribution in [0.1, 0.15) is 30.7 Å². The van der Waals surface area contributed by atoms with E-state index in [4.69, 9.17) is 4.98 Å². The first-order chi connectivity index (χ1) is 28.2. The summed E-state index contributed by atoms with van der Waals surface area (Å²) < 4.78 is 2.41. The summed E-state index contributed by atoms with van der Waals surface area (Å²) in [6.45, 7) is 0.826. The molecule has 2 aliphatic rings. The van der Waals surface area contributed by atoms with Gasteiger partial charge < -0.3 is 9.47 Å². The summed E-state index contributed by atoms with van der Waals surface area (Å²) in [4.78, 5) is 16.5. The number of hydrogen-bond acceptors (Lipinski definition) is 4. The van der Waals surface area contributed by atoms with Gasteiger partial charge in [0.1, 0.15) is 0 Å². The van der Waals surface area contributed by atoms with Crippen LogP contribution in [0.25, 0.3) is 72.0 Å². The number of rotatable bonds is 8. The first-order valence-corrected chi connectivity index (χ1v) is 19.7. The Morgan fingerprint density at radius 2 is 1.25 bits per heavy atom. The van der Waals surface area contributed by atoms with E-state index in [1.165, 1.54) is 32.9 Å². The molecule has 8 aromatic rings. The standard InChI is InChI=1S/C52H41N5/c1-56(50-20-8-5-17-45(50)38-13-3-2-4-14-38)43-29-41(30-44(33-43)57-51-21-9-6-18-46(51)47-19-7-10-22-52(47)57)36-23-25-37(26-24-36)42-31-48(39-15-11-27-53-34-39)55-49(32-42)40-16-12-28-54-35-40/h2-10,13-15,17-26,28-35H,11-12,16,27H2,1H3. The lowest BCUT2D eigenvalue weighted by Gasteiger charge is -2.25. The third-order valence-corrected chi connectivity index (χ3v) is 11.2. The van der Waals surface area contributed by atoms with Gasteiger partial charge in [0.25, 0.3) is 0 Å². The largest absolute Gasteiger partial charge is 0.344 e. The Hall–Kier alpha value is -7.11. The Labute approximate surface area is 333 Å². The molecule has 0 spiro atoms. The van der Waals surface area contributed by atoms with Crippen LogP contribution in [0, 0.1) is 0 Å². The van der Waals surface area contributed by atoms with Crippen molar-refractivity contribution >= 4 is 56.8 Å². The molecule has 0 bridgehead atoms. The van der Waals surface area contributed by atoms with Crippen LogP contribution >= 0.6 is 0 Å². The molecule has 0 saturated carbocycles. The molecule has 274 valence electrons. The molecule has 0 atom stereocenters. The van der Waals surface area contributed by atoms with Gasteiger partial charge in [-0.05, 0) is 101 Å². The van der Waals surface area contributed by atoms with Crippen molar-refractivity contribution in [2.45, 2.75) is 19.3 Å². The first kappa shape index (κ1) is 34.4. The molecule has 2 aromatic heterocycles. The molecule has 4 heterocycles. The summed E-state index contributed by atoms with van der Waals surface area (Å²) in [6, 6.07) is 57.2. The van der Waals surface area contributed by atoms with Crippen LogP contribution in [0.15, 0.2) is 180 Å². The Bertz CT molecular complexity index is 2860. The number of fused-ring (bicyclic) bond motifs is 3. The van der Waals surface area contributed by atoms with Gasteiger partial charge in [0.15, 0.2) is 0 Å². The normalized spacial score (nSPS) is 13.8. The highest BCUT2D eigenvalue weighted by Gasteiger charge is 2.18. The van der Waals surface area contributed by atoms with E-state index in [0.29, 0.717) is 0 Å². The van der Waals surface area contributed by atoms with E-state index in [2.05, 4.69) is 190 Å². The van der Waals surface area contributed by atoms with Crippen LogP contribution in [0.2, 0.25) is 0 Å². The fourth-order valence-electron chi connectivity index (χ4n) is 8.29. The van der Waals surface area contributed by atoms with Gasteiger partial charge in [-0.1, -0.05) is 115 Å². The summed E-state index contributed by atoms with van der Waals surface area (Å²) >= 11 is 0. The quantitative estimate of drug-likeness (QED) is 0.156. The van der Waals surface area contributed by atoms with Crippen molar-refractivity contribution in [1.82, 2.24) is 9.55 Å². The van der Waals surface area contributed by atoms with Crippen molar-refractivity contribution in [2.24, 2.45) is 9.98 Å². The first-order valence-electron chi connectivity index (χ1n) is 19.7. The SMILES string of the molecule is CN(c1cc(-c2ccc(-c3cc(C4=CCCN=C4)nc(C4=CN=CCC4)c3)cc2)cc(-n2c3ccccc3c3ccccc32)c1)c1ccccc1-c1ccccc1. The van der Waals surface area contributed by atoms with Crippen molar-refractivity contribution < 1.29 is 0 Å². The molecule has 0 radical (unpaired) electrons. The molecule has 0 N–H and O–H groups in total. The minimum absolute atomic E-state index is 0.826. The maximum Gasteiger partial charge on any atom is 0.0727 e. The average Bonchev–Trinajstić information content (AvgIpc) is 3.64. The molecule has 0 aliphatic carbocycles. The Morgan fingerprint density at radius 1 is 0.579 bits per heavy atom. The summed E-state index contributed by atoms with van der Waals surface area (Å²) in [5.74, 6) is 0. The predicted octanol–water partition coefficient (Wildman–Crippen LogP) is 13.0. The highest BCUT2D eigenvalue weighted by Crippen LogP contribution is 2.40. The lowest BCUT2D eigenvalue weighted by molar-refractivity contribution is 1.00. The van der Waals surface area contributed by atoms with Crippen LogP contribution in [-0.2, 0) is 0 Å². The number of nitrogens with zero attached hydrogens (tertiary/aromatic N) is 5. The minimum atomic E-state index is 0.826. The third kappa shape index (κ3) is 6.57. The third-order valence-electron chi connectivity index (χ3n) is 11.2. The van der Waals surface area contributed by atoms with Gasteiger partial charge in [-0.3, -0.25) is 9.98 Å². The molecule has 5 heteroatoms. The van der Waals surface area contributed by atoms with Gasteiger partial charge in [-0.15, -0.1) is 0 Å². The van der Waals surface area contributed by atoms with Crippen LogP contribution in [0.4, 0.5) is 11.4 Å². The van der Waals surface area contributed by atoms with Gasteiger partial charge in [0.05, 0.1) is 22.4 Å². The second-order valence-corrected chi connectivity index (χ2v) is 14.8. The number of anilines is 2. The molecule has 0 saturated heterocycles. The smallest absolute Gasteiger partial charge is 0.0727 e. The Balaban J connectivity index is 1.11. The van der Waals surface area contributed by atoms with Crippen molar-refractivity contribution in [3.8, 4) is 39.1 Å². The zero-order valence-corrected chi connectivity index (χ0v) is 31.9. The van der Waals surface area contributed by atoms with Crippen LogP contribution in [0.5, 0.6) is 0 Å². The summed E-state index contributed by atoms with van der Waals surface area (Å²) in [5, 5.41) is 2.49. The Kier molecular flexibility index (Phi) is 8.96. The van der Waals surface area contributed by atoms with Gasteiger partial charge in [0, 0.05) is 71.2 Å². The lowest BCUT2D eigenvalue weighted by atomic mass is 9.96. The molecular formula is C52H41N5. The topological polar surface area (TPSA) is 45.8 Å². The minimum Gasteiger partial charge on any atom is -0.344 e. The van der Waals surface area contributed by atoms with E-state index in [0.717, 1.165) is 87.7 Å². The average molecular weight is 736 g/mol. The van der Waals surface area contributed by atoms with Crippen molar-refractivity contribution in [2.75, 3.05) is 18.5 Å². The number of benzene rings is 6. The highest BCUT2D eigenvalue weighted by molar-refractivity contribution is 6.10. The van der Waals surface area contributed by atoms with E-state index in [9.17, 15) is 0 Å². The zero-order chi connectivity index (χ0) is 38.1. The van der Waals surface area contributed by atoms with Crippen molar-refractivity contribution in [3.05, 3.63) is 181 Å². The lowest BCUT2D eigenvalue weighted by Crippen LogP contribution is -2.11. The monoisotopic (exact) mass is 735 g/mol. The fourth-order valence-corrected chi connectivity index (χ4v) is 8.29. The van der Waals surface area contributed by atoms with E-state index in [1.54, 1.807) is 0 Å². The van der Waals surface area contributed by atoms with Crippen LogP contribution < -0.4 is 4.90 Å². The number of allylic oxidation sites excluding steroid dienone is 2. The molecular weight excluding hydrogens is 695 g/mol. The van der Waals surface area contributed by atoms with Gasteiger partial charge >= 0.3 is 0 Å². The second kappa shape index (κ2) is 14.9. The number of pyridine rings is 1. The fraction of sp³-hybridized carbons (Fsp3) is 0.0962. The molecule has 57 heavy (non-hydrogen) atoms. The number of para-hydroxylation sites is 3. The van der Waals surface area contributed by atoms with E-state index in [-0.39, 0.29) is 0 Å².